The number of hydrogen-bond acceptors (Lipinski definition) is 2. The van der Waals surface area contributed by atoms with Crippen molar-refractivity contribution in [1.29, 1.82) is 0 Å². The van der Waals surface area contributed by atoms with Crippen molar-refractivity contribution in [3.63, 3.8) is 0 Å². The van der Waals surface area contributed by atoms with Gasteiger partial charge in [0, 0.05) is 6.42 Å². The zero-order chi connectivity index (χ0) is 17.2. The van der Waals surface area contributed by atoms with Crippen molar-refractivity contribution in [3.05, 3.63) is 0 Å². The highest BCUT2D eigenvalue weighted by Gasteiger charge is 1.99. The van der Waals surface area contributed by atoms with Gasteiger partial charge in [-0.3, -0.25) is 9.36 Å². The third-order valence-corrected chi connectivity index (χ3v) is 4.95. The predicted molar refractivity (Wildman–Crippen MR) is 101 cm³/mol. The van der Waals surface area contributed by atoms with E-state index in [2.05, 4.69) is 13.8 Å². The number of unbranched alkanes of at least 4 members (excludes halogenated alkanes) is 13. The SMILES string of the molecule is CC(C)CCCCCCCCCCCCCCCCC(=O)P=O. The molecule has 0 amide bonds. The van der Waals surface area contributed by atoms with Gasteiger partial charge in [-0.2, -0.15) is 0 Å². The van der Waals surface area contributed by atoms with Gasteiger partial charge in [-0.25, -0.2) is 0 Å². The summed E-state index contributed by atoms with van der Waals surface area (Å²) < 4.78 is 10.3. The summed E-state index contributed by atoms with van der Waals surface area (Å²) in [7, 11) is -0.312. The predicted octanol–water partition coefficient (Wildman–Crippen LogP) is 7.70. The lowest BCUT2D eigenvalue weighted by molar-refractivity contribution is -0.111. The van der Waals surface area contributed by atoms with Crippen molar-refractivity contribution in [2.75, 3.05) is 0 Å². The summed E-state index contributed by atoms with van der Waals surface area (Å²) in [5, 5.41) is 0. The molecule has 0 aliphatic heterocycles. The van der Waals surface area contributed by atoms with Crippen LogP contribution in [-0.4, -0.2) is 5.52 Å². The lowest BCUT2D eigenvalue weighted by atomic mass is 10.0. The molecule has 0 aliphatic carbocycles. The first kappa shape index (κ1) is 22.8. The summed E-state index contributed by atoms with van der Waals surface area (Å²) in [6.07, 6.45) is 20.5. The van der Waals surface area contributed by atoms with Crippen molar-refractivity contribution in [3.8, 4) is 0 Å². The van der Waals surface area contributed by atoms with E-state index in [1.54, 1.807) is 0 Å². The van der Waals surface area contributed by atoms with E-state index < -0.39 is 0 Å². The van der Waals surface area contributed by atoms with Crippen molar-refractivity contribution >= 4 is 14.0 Å². The number of carbonyl (C=O) groups is 1. The van der Waals surface area contributed by atoms with E-state index in [0.29, 0.717) is 6.42 Å². The van der Waals surface area contributed by atoms with E-state index in [9.17, 15) is 9.36 Å². The van der Waals surface area contributed by atoms with Gasteiger partial charge in [0.05, 0.1) is 0 Å². The molecule has 0 fully saturated rings. The van der Waals surface area contributed by atoms with E-state index >= 15 is 0 Å². The van der Waals surface area contributed by atoms with Crippen molar-refractivity contribution in [2.24, 2.45) is 5.92 Å². The minimum absolute atomic E-state index is 0.148. The van der Waals surface area contributed by atoms with E-state index in [4.69, 9.17) is 0 Å². The normalized spacial score (nSPS) is 11.4. The van der Waals surface area contributed by atoms with Gasteiger partial charge in [-0.1, -0.05) is 104 Å². The van der Waals surface area contributed by atoms with Gasteiger partial charge in [-0.05, 0) is 12.3 Å². The molecular weight excluding hydrogens is 303 g/mol. The van der Waals surface area contributed by atoms with Gasteiger partial charge >= 0.3 is 0 Å². The van der Waals surface area contributed by atoms with Crippen molar-refractivity contribution < 1.29 is 9.36 Å². The van der Waals surface area contributed by atoms with Crippen LogP contribution in [0.2, 0.25) is 0 Å². The molecule has 23 heavy (non-hydrogen) atoms. The molecule has 0 heterocycles. The molecule has 0 rings (SSSR count). The number of rotatable bonds is 18. The maximum absolute atomic E-state index is 10.8. The Labute approximate surface area is 146 Å². The monoisotopic (exact) mass is 342 g/mol. The van der Waals surface area contributed by atoms with Crippen LogP contribution < -0.4 is 0 Å². The topological polar surface area (TPSA) is 34.1 Å². The first-order valence-electron chi connectivity index (χ1n) is 10.0. The Morgan fingerprint density at radius 2 is 1.00 bits per heavy atom. The van der Waals surface area contributed by atoms with E-state index in [1.807, 2.05) is 0 Å². The Kier molecular flexibility index (Phi) is 17.9. The molecule has 136 valence electrons. The van der Waals surface area contributed by atoms with Gasteiger partial charge < -0.3 is 0 Å². The number of hydrogen-bond donors (Lipinski definition) is 0. The largest absolute Gasteiger partial charge is 0.286 e. The van der Waals surface area contributed by atoms with Crippen LogP contribution in [0, 0.1) is 5.92 Å². The second-order valence-electron chi connectivity index (χ2n) is 7.37. The fraction of sp³-hybridized carbons (Fsp3) is 0.950. The number of carbonyl (C=O) groups excluding carboxylic acids is 1. The Morgan fingerprint density at radius 1 is 0.652 bits per heavy atom. The molecule has 0 N–H and O–H groups in total. The maximum atomic E-state index is 10.8. The summed E-state index contributed by atoms with van der Waals surface area (Å²) in [5.41, 5.74) is -0.148. The Morgan fingerprint density at radius 3 is 1.35 bits per heavy atom. The van der Waals surface area contributed by atoms with Crippen LogP contribution in [0.5, 0.6) is 0 Å². The lowest BCUT2D eigenvalue weighted by Crippen LogP contribution is -1.87. The Balaban J connectivity index is 3.02. The quantitative estimate of drug-likeness (QED) is 0.189. The molecule has 2 nitrogen and oxygen atoms in total. The summed E-state index contributed by atoms with van der Waals surface area (Å²) >= 11 is 0. The summed E-state index contributed by atoms with van der Waals surface area (Å²) in [6.45, 7) is 4.63. The molecule has 0 aliphatic rings. The van der Waals surface area contributed by atoms with Gasteiger partial charge in [0.25, 0.3) is 0 Å². The van der Waals surface area contributed by atoms with Crippen LogP contribution in [0.15, 0.2) is 0 Å². The van der Waals surface area contributed by atoms with Crippen LogP contribution in [0.4, 0.5) is 0 Å². The fourth-order valence-electron chi connectivity index (χ4n) is 3.00. The lowest BCUT2D eigenvalue weighted by Gasteiger charge is -2.05. The molecule has 0 aromatic carbocycles. The molecule has 0 saturated heterocycles. The highest BCUT2D eigenvalue weighted by Crippen LogP contribution is 2.15. The first-order valence-corrected chi connectivity index (χ1v) is 10.8. The molecule has 3 heteroatoms. The minimum Gasteiger partial charge on any atom is -0.286 e. The fourth-order valence-corrected chi connectivity index (χ4v) is 3.25. The molecule has 0 unspecified atom stereocenters. The molecule has 0 atom stereocenters. The second kappa shape index (κ2) is 18.1. The van der Waals surface area contributed by atoms with E-state index in [-0.39, 0.29) is 14.0 Å². The van der Waals surface area contributed by atoms with Crippen molar-refractivity contribution in [2.45, 2.75) is 117 Å². The van der Waals surface area contributed by atoms with Gasteiger partial charge in [0.15, 0.2) is 0 Å². The molecule has 0 aromatic heterocycles. The third kappa shape index (κ3) is 19.7. The molecule has 0 saturated carbocycles. The Bertz CT molecular complexity index is 277. The zero-order valence-corrected chi connectivity index (χ0v) is 16.5. The van der Waals surface area contributed by atoms with E-state index in [0.717, 1.165) is 18.8 Å². The minimum atomic E-state index is -0.312. The van der Waals surface area contributed by atoms with Gasteiger partial charge in [0.1, 0.15) is 0 Å². The first-order chi connectivity index (χ1) is 11.2. The average molecular weight is 343 g/mol. The average Bonchev–Trinajstić information content (AvgIpc) is 2.53. The standard InChI is InChI=1S/C20H39O2P/c1-19(2)17-15-13-11-9-7-5-3-4-6-8-10-12-14-16-18-20(21)23-22/h19H,3-18H2,1-2H3. The van der Waals surface area contributed by atoms with Crippen LogP contribution in [0.3, 0.4) is 0 Å². The van der Waals surface area contributed by atoms with E-state index in [1.165, 1.54) is 83.5 Å². The van der Waals surface area contributed by atoms with Crippen LogP contribution in [-0.2, 0) is 9.36 Å². The maximum Gasteiger partial charge on any atom is 0.231 e. The molecule has 0 bridgehead atoms. The van der Waals surface area contributed by atoms with Crippen LogP contribution >= 0.6 is 8.46 Å². The van der Waals surface area contributed by atoms with Crippen molar-refractivity contribution in [1.82, 2.24) is 0 Å². The highest BCUT2D eigenvalue weighted by atomic mass is 31.1. The highest BCUT2D eigenvalue weighted by molar-refractivity contribution is 7.46. The molecular formula is C20H39O2P. The summed E-state index contributed by atoms with van der Waals surface area (Å²) in [4.78, 5) is 10.8. The van der Waals surface area contributed by atoms with Gasteiger partial charge in [-0.15, -0.1) is 0 Å². The van der Waals surface area contributed by atoms with Crippen LogP contribution in [0.25, 0.3) is 0 Å². The summed E-state index contributed by atoms with van der Waals surface area (Å²) in [5.74, 6) is 0.870. The Hall–Kier alpha value is -0.230. The van der Waals surface area contributed by atoms with Crippen LogP contribution in [0.1, 0.15) is 117 Å². The third-order valence-electron chi connectivity index (χ3n) is 4.52. The zero-order valence-electron chi connectivity index (χ0n) is 15.7. The molecule has 0 aromatic rings. The molecule has 0 spiro atoms. The van der Waals surface area contributed by atoms with Gasteiger partial charge in [0.2, 0.25) is 14.0 Å². The second-order valence-corrected chi connectivity index (χ2v) is 8.05. The smallest absolute Gasteiger partial charge is 0.231 e. The summed E-state index contributed by atoms with van der Waals surface area (Å²) in [6, 6.07) is 0. The molecule has 0 radical (unpaired) electrons.